The molecule has 5 heteroatoms. The lowest BCUT2D eigenvalue weighted by Gasteiger charge is -2.12. The molecule has 31 heavy (non-hydrogen) atoms. The average molecular weight is 427 g/mol. The van der Waals surface area contributed by atoms with Crippen molar-refractivity contribution >= 4 is 28.6 Å². The molecule has 0 heterocycles. The summed E-state index contributed by atoms with van der Waals surface area (Å²) in [5, 5.41) is 16.2. The molecule has 0 aliphatic heterocycles. The first-order valence-electron chi connectivity index (χ1n) is 9.77. The van der Waals surface area contributed by atoms with Crippen LogP contribution in [0.25, 0.3) is 10.8 Å². The number of benzene rings is 4. The van der Waals surface area contributed by atoms with E-state index in [-0.39, 0.29) is 6.61 Å². The molecule has 152 valence electrons. The Balaban J connectivity index is 1.55. The van der Waals surface area contributed by atoms with E-state index >= 15 is 0 Å². The van der Waals surface area contributed by atoms with Crippen LogP contribution >= 0.6 is 11.6 Å². The summed E-state index contributed by atoms with van der Waals surface area (Å²) in [7, 11) is 0. The van der Waals surface area contributed by atoms with Crippen molar-refractivity contribution in [3.63, 3.8) is 0 Å². The summed E-state index contributed by atoms with van der Waals surface area (Å²) in [6.07, 6.45) is 1.66. The molecule has 0 fully saturated rings. The predicted octanol–water partition coefficient (Wildman–Crippen LogP) is 6.49. The number of nitrogens with zero attached hydrogens (tertiary/aromatic N) is 2. The molecule has 0 aromatic heterocycles. The van der Waals surface area contributed by atoms with Gasteiger partial charge >= 0.3 is 0 Å². The fourth-order valence-corrected chi connectivity index (χ4v) is 3.35. The van der Waals surface area contributed by atoms with Crippen LogP contribution in [0.15, 0.2) is 90.1 Å². The van der Waals surface area contributed by atoms with Gasteiger partial charge in [0, 0.05) is 16.1 Å². The van der Waals surface area contributed by atoms with Gasteiger partial charge in [-0.3, -0.25) is 0 Å². The van der Waals surface area contributed by atoms with Crippen molar-refractivity contribution in [3.8, 4) is 11.8 Å². The standard InChI is InChI=1S/C26H19ClN2O2/c27-23-12-9-19(10-13-23)17-30-26-14-11-20-5-3-4-8-24(20)25(26)16-29-31-18-22-7-2-1-6-21(22)15-28/h1-14,16H,17-18H2/b29-16-. The van der Waals surface area contributed by atoms with Gasteiger partial charge < -0.3 is 9.57 Å². The van der Waals surface area contributed by atoms with Gasteiger partial charge in [-0.1, -0.05) is 77.4 Å². The van der Waals surface area contributed by atoms with Crippen LogP contribution in [0.5, 0.6) is 5.75 Å². The van der Waals surface area contributed by atoms with Crippen molar-refractivity contribution in [2.24, 2.45) is 5.16 Å². The van der Waals surface area contributed by atoms with E-state index in [9.17, 15) is 5.26 Å². The molecule has 0 amide bonds. The zero-order valence-electron chi connectivity index (χ0n) is 16.7. The van der Waals surface area contributed by atoms with E-state index in [0.29, 0.717) is 22.9 Å². The molecule has 0 N–H and O–H groups in total. The van der Waals surface area contributed by atoms with Crippen molar-refractivity contribution in [1.29, 1.82) is 5.26 Å². The van der Waals surface area contributed by atoms with Crippen LogP contribution < -0.4 is 4.74 Å². The van der Waals surface area contributed by atoms with Crippen molar-refractivity contribution in [3.05, 3.63) is 112 Å². The number of nitriles is 1. The summed E-state index contributed by atoms with van der Waals surface area (Å²) >= 11 is 5.96. The Bertz CT molecular complexity index is 1260. The summed E-state index contributed by atoms with van der Waals surface area (Å²) < 4.78 is 6.09. The molecular formula is C26H19ClN2O2. The average Bonchev–Trinajstić information content (AvgIpc) is 2.82. The SMILES string of the molecule is N#Cc1ccccc1CO/N=C\c1c(OCc2ccc(Cl)cc2)ccc2ccccc12. The third kappa shape index (κ3) is 5.03. The largest absolute Gasteiger partial charge is 0.488 e. The molecule has 4 nitrogen and oxygen atoms in total. The Morgan fingerprint density at radius 3 is 2.48 bits per heavy atom. The van der Waals surface area contributed by atoms with E-state index in [0.717, 1.165) is 27.5 Å². The minimum absolute atomic E-state index is 0.214. The van der Waals surface area contributed by atoms with Gasteiger partial charge in [0.1, 0.15) is 19.0 Å². The first-order chi connectivity index (χ1) is 15.2. The number of rotatable bonds is 7. The number of halogens is 1. The fourth-order valence-electron chi connectivity index (χ4n) is 3.23. The first-order valence-corrected chi connectivity index (χ1v) is 10.1. The van der Waals surface area contributed by atoms with Crippen molar-refractivity contribution in [2.75, 3.05) is 0 Å². The highest BCUT2D eigenvalue weighted by atomic mass is 35.5. The van der Waals surface area contributed by atoms with Gasteiger partial charge in [0.05, 0.1) is 17.8 Å². The number of hydrogen-bond acceptors (Lipinski definition) is 4. The number of ether oxygens (including phenoxy) is 1. The van der Waals surface area contributed by atoms with Gasteiger partial charge in [-0.25, -0.2) is 0 Å². The summed E-state index contributed by atoms with van der Waals surface area (Å²) in [4.78, 5) is 5.49. The lowest BCUT2D eigenvalue weighted by Crippen LogP contribution is -1.99. The molecule has 4 aromatic rings. The topological polar surface area (TPSA) is 54.6 Å². The van der Waals surface area contributed by atoms with Gasteiger partial charge in [-0.15, -0.1) is 0 Å². The second-order valence-electron chi connectivity index (χ2n) is 6.89. The van der Waals surface area contributed by atoms with Crippen LogP contribution in [0.3, 0.4) is 0 Å². The second kappa shape index (κ2) is 9.80. The van der Waals surface area contributed by atoms with Crippen LogP contribution in [0, 0.1) is 11.3 Å². The maximum atomic E-state index is 9.21. The van der Waals surface area contributed by atoms with Crippen LogP contribution in [0.1, 0.15) is 22.3 Å². The van der Waals surface area contributed by atoms with E-state index in [1.165, 1.54) is 0 Å². The number of hydrogen-bond donors (Lipinski definition) is 0. The Morgan fingerprint density at radius 1 is 0.871 bits per heavy atom. The molecule has 0 aliphatic carbocycles. The zero-order chi connectivity index (χ0) is 21.5. The minimum Gasteiger partial charge on any atom is -0.488 e. The quantitative estimate of drug-likeness (QED) is 0.250. The zero-order valence-corrected chi connectivity index (χ0v) is 17.4. The van der Waals surface area contributed by atoms with Gasteiger partial charge in [0.2, 0.25) is 0 Å². The minimum atomic E-state index is 0.214. The van der Waals surface area contributed by atoms with E-state index in [4.69, 9.17) is 21.2 Å². The van der Waals surface area contributed by atoms with E-state index in [1.807, 2.05) is 78.9 Å². The van der Waals surface area contributed by atoms with Crippen LogP contribution in [-0.4, -0.2) is 6.21 Å². The van der Waals surface area contributed by atoms with Gasteiger partial charge in [-0.2, -0.15) is 5.26 Å². The first kappa shape index (κ1) is 20.5. The van der Waals surface area contributed by atoms with E-state index < -0.39 is 0 Å². The molecule has 0 bridgehead atoms. The Labute approximate surface area is 185 Å². The summed E-state index contributed by atoms with van der Waals surface area (Å²) in [6, 6.07) is 29.0. The molecule has 4 aromatic carbocycles. The summed E-state index contributed by atoms with van der Waals surface area (Å²) in [5.74, 6) is 0.707. The number of oxime groups is 1. The van der Waals surface area contributed by atoms with Gasteiger partial charge in [-0.05, 0) is 40.6 Å². The molecule has 0 spiro atoms. The molecule has 0 atom stereocenters. The molecule has 0 radical (unpaired) electrons. The Morgan fingerprint density at radius 2 is 1.65 bits per heavy atom. The molecular weight excluding hydrogens is 408 g/mol. The van der Waals surface area contributed by atoms with Gasteiger partial charge in [0.25, 0.3) is 0 Å². The third-order valence-electron chi connectivity index (χ3n) is 4.85. The third-order valence-corrected chi connectivity index (χ3v) is 5.10. The van der Waals surface area contributed by atoms with Crippen LogP contribution in [0.4, 0.5) is 0 Å². The monoisotopic (exact) mass is 426 g/mol. The Hall–Kier alpha value is -3.81. The smallest absolute Gasteiger partial charge is 0.143 e. The van der Waals surface area contributed by atoms with Crippen molar-refractivity contribution in [2.45, 2.75) is 13.2 Å². The fraction of sp³-hybridized carbons (Fsp3) is 0.0769. The maximum absolute atomic E-state index is 9.21. The van der Waals surface area contributed by atoms with Crippen molar-refractivity contribution in [1.82, 2.24) is 0 Å². The molecule has 0 unspecified atom stereocenters. The highest BCUT2D eigenvalue weighted by Gasteiger charge is 2.08. The summed E-state index contributed by atoms with van der Waals surface area (Å²) in [5.41, 5.74) is 3.22. The lowest BCUT2D eigenvalue weighted by atomic mass is 10.0. The maximum Gasteiger partial charge on any atom is 0.143 e. The molecule has 0 aliphatic rings. The molecule has 0 saturated carbocycles. The molecule has 4 rings (SSSR count). The van der Waals surface area contributed by atoms with Crippen molar-refractivity contribution < 1.29 is 9.57 Å². The Kier molecular flexibility index (Phi) is 6.47. The highest BCUT2D eigenvalue weighted by molar-refractivity contribution is 6.30. The summed E-state index contributed by atoms with van der Waals surface area (Å²) in [6.45, 7) is 0.624. The highest BCUT2D eigenvalue weighted by Crippen LogP contribution is 2.27. The van der Waals surface area contributed by atoms with E-state index in [1.54, 1.807) is 12.3 Å². The predicted molar refractivity (Wildman–Crippen MR) is 123 cm³/mol. The normalized spacial score (nSPS) is 10.8. The number of fused-ring (bicyclic) bond motifs is 1. The lowest BCUT2D eigenvalue weighted by molar-refractivity contribution is 0.132. The second-order valence-corrected chi connectivity index (χ2v) is 7.33. The van der Waals surface area contributed by atoms with Crippen LogP contribution in [-0.2, 0) is 18.1 Å². The van der Waals surface area contributed by atoms with Crippen LogP contribution in [0.2, 0.25) is 5.02 Å². The molecule has 0 saturated heterocycles. The van der Waals surface area contributed by atoms with Gasteiger partial charge in [0.15, 0.2) is 0 Å². The van der Waals surface area contributed by atoms with E-state index in [2.05, 4.69) is 11.2 Å².